The largest absolute Gasteiger partial charge is 0.465 e. The van der Waals surface area contributed by atoms with Gasteiger partial charge in [0.2, 0.25) is 0 Å². The Morgan fingerprint density at radius 1 is 1.12 bits per heavy atom. The molecule has 0 aliphatic carbocycles. The first kappa shape index (κ1) is 16.8. The quantitative estimate of drug-likeness (QED) is 0.668. The molecular weight excluding hydrogens is 327 g/mol. The lowest BCUT2D eigenvalue weighted by molar-refractivity contribution is -0.143. The smallest absolute Gasteiger partial charge is 0.354 e. The minimum Gasteiger partial charge on any atom is -0.465 e. The van der Waals surface area contributed by atoms with Gasteiger partial charge in [0.15, 0.2) is 0 Å². The molecule has 3 aromatic rings. The molecule has 130 valence electrons. The zero-order chi connectivity index (χ0) is 18.0. The molecule has 2 aromatic heterocycles. The fourth-order valence-corrected chi connectivity index (χ4v) is 2.75. The van der Waals surface area contributed by atoms with Crippen LogP contribution in [0.1, 0.15) is 17.4 Å². The van der Waals surface area contributed by atoms with Crippen LogP contribution in [0, 0.1) is 5.82 Å². The maximum absolute atomic E-state index is 13.2. The van der Waals surface area contributed by atoms with Gasteiger partial charge in [0.1, 0.15) is 18.1 Å². The second-order valence-corrected chi connectivity index (χ2v) is 5.34. The van der Waals surface area contributed by atoms with E-state index in [1.54, 1.807) is 42.0 Å². The first-order valence-corrected chi connectivity index (χ1v) is 7.75. The van der Waals surface area contributed by atoms with Gasteiger partial charge in [0.25, 0.3) is 0 Å². The van der Waals surface area contributed by atoms with Crippen molar-refractivity contribution in [3.8, 4) is 5.69 Å². The Hall–Kier alpha value is -3.09. The summed E-state index contributed by atoms with van der Waals surface area (Å²) in [5.74, 6) is -1.33. The minimum atomic E-state index is -0.550. The Morgan fingerprint density at radius 3 is 2.48 bits per heavy atom. The molecule has 0 radical (unpaired) electrons. The maximum atomic E-state index is 13.2. The van der Waals surface area contributed by atoms with Crippen molar-refractivity contribution in [2.24, 2.45) is 0 Å². The van der Waals surface area contributed by atoms with Gasteiger partial charge in [0.05, 0.1) is 24.8 Å². The van der Waals surface area contributed by atoms with Gasteiger partial charge in [-0.05, 0) is 43.3 Å². The summed E-state index contributed by atoms with van der Waals surface area (Å²) in [6.07, 6.45) is 1.79. The van der Waals surface area contributed by atoms with Crippen LogP contribution in [0.25, 0.3) is 16.7 Å². The van der Waals surface area contributed by atoms with E-state index in [9.17, 15) is 14.0 Å². The number of halogens is 1. The third kappa shape index (κ3) is 3.13. The molecule has 0 amide bonds. The summed E-state index contributed by atoms with van der Waals surface area (Å²) in [6, 6.07) is 9.41. The average Bonchev–Trinajstić information content (AvgIpc) is 3.16. The average molecular weight is 344 g/mol. The number of nitrogens with zero attached hydrogens (tertiary/aromatic N) is 2. The summed E-state index contributed by atoms with van der Waals surface area (Å²) in [4.78, 5) is 24.0. The molecule has 0 spiro atoms. The van der Waals surface area contributed by atoms with Gasteiger partial charge in [-0.25, -0.2) is 9.18 Å². The molecule has 2 heterocycles. The minimum absolute atomic E-state index is 0.102. The van der Waals surface area contributed by atoms with E-state index in [0.717, 1.165) is 5.69 Å². The normalized spacial score (nSPS) is 10.8. The van der Waals surface area contributed by atoms with E-state index >= 15 is 0 Å². The van der Waals surface area contributed by atoms with Crippen molar-refractivity contribution < 1.29 is 23.5 Å². The van der Waals surface area contributed by atoms with Crippen molar-refractivity contribution in [2.75, 3.05) is 13.7 Å². The molecule has 1 aromatic carbocycles. The highest BCUT2D eigenvalue weighted by molar-refractivity contribution is 5.96. The molecular formula is C18H17FN2O4. The monoisotopic (exact) mass is 344 g/mol. The molecule has 0 N–H and O–H groups in total. The number of carbonyl (C=O) groups excluding carboxylic acids is 2. The standard InChI is InChI=1S/C18H17FN2O4/c1-3-25-17(22)11-21-14-8-9-20(13-6-4-12(19)5-7-13)15(14)10-16(21)18(23)24-2/h4-10H,3,11H2,1-2H3. The first-order valence-electron chi connectivity index (χ1n) is 7.75. The first-order chi connectivity index (χ1) is 12.0. The van der Waals surface area contributed by atoms with Crippen molar-refractivity contribution in [3.63, 3.8) is 0 Å². The SMILES string of the molecule is CCOC(=O)Cn1c(C(=O)OC)cc2c1ccn2-c1ccc(F)cc1. The Kier molecular flexibility index (Phi) is 4.56. The lowest BCUT2D eigenvalue weighted by atomic mass is 10.3. The van der Waals surface area contributed by atoms with E-state index in [1.807, 2.05) is 4.57 Å². The molecule has 0 fully saturated rings. The predicted octanol–water partition coefficient (Wildman–Crippen LogP) is 2.92. The van der Waals surface area contributed by atoms with Gasteiger partial charge in [-0.3, -0.25) is 4.79 Å². The van der Waals surface area contributed by atoms with Gasteiger partial charge in [-0.15, -0.1) is 0 Å². The molecule has 0 aliphatic rings. The predicted molar refractivity (Wildman–Crippen MR) is 89.2 cm³/mol. The number of aromatic nitrogens is 2. The van der Waals surface area contributed by atoms with Crippen LogP contribution in [0.2, 0.25) is 0 Å². The summed E-state index contributed by atoms with van der Waals surface area (Å²) in [7, 11) is 1.28. The number of rotatable bonds is 5. The van der Waals surface area contributed by atoms with E-state index in [0.29, 0.717) is 11.0 Å². The molecule has 6 nitrogen and oxygen atoms in total. The molecule has 7 heteroatoms. The van der Waals surface area contributed by atoms with Gasteiger partial charge in [-0.2, -0.15) is 0 Å². The number of ether oxygens (including phenoxy) is 2. The van der Waals surface area contributed by atoms with Crippen molar-refractivity contribution >= 4 is 23.0 Å². The molecule has 0 saturated carbocycles. The number of methoxy groups -OCH3 is 1. The fraction of sp³-hybridized carbons (Fsp3) is 0.222. The summed E-state index contributed by atoms with van der Waals surface area (Å²) >= 11 is 0. The van der Waals surface area contributed by atoms with E-state index in [4.69, 9.17) is 9.47 Å². The fourth-order valence-electron chi connectivity index (χ4n) is 2.75. The van der Waals surface area contributed by atoms with Crippen LogP contribution in [0.15, 0.2) is 42.6 Å². The third-order valence-corrected chi connectivity index (χ3v) is 3.85. The summed E-state index contributed by atoms with van der Waals surface area (Å²) in [6.45, 7) is 1.87. The number of esters is 2. The van der Waals surface area contributed by atoms with E-state index in [1.165, 1.54) is 19.2 Å². The second-order valence-electron chi connectivity index (χ2n) is 5.34. The van der Waals surface area contributed by atoms with E-state index in [-0.39, 0.29) is 24.7 Å². The molecule has 0 saturated heterocycles. The van der Waals surface area contributed by atoms with Crippen LogP contribution in [-0.2, 0) is 20.8 Å². The topological polar surface area (TPSA) is 62.5 Å². The summed E-state index contributed by atoms with van der Waals surface area (Å²) in [5.41, 5.74) is 2.37. The molecule has 3 rings (SSSR count). The van der Waals surface area contributed by atoms with Crippen LogP contribution in [0.5, 0.6) is 0 Å². The maximum Gasteiger partial charge on any atom is 0.354 e. The second kappa shape index (κ2) is 6.80. The Morgan fingerprint density at radius 2 is 1.84 bits per heavy atom. The number of fused-ring (bicyclic) bond motifs is 1. The molecule has 0 atom stereocenters. The van der Waals surface area contributed by atoms with E-state index in [2.05, 4.69) is 0 Å². The van der Waals surface area contributed by atoms with Crippen LogP contribution in [0.3, 0.4) is 0 Å². The van der Waals surface area contributed by atoms with Crippen LogP contribution < -0.4 is 0 Å². The van der Waals surface area contributed by atoms with E-state index < -0.39 is 11.9 Å². The van der Waals surface area contributed by atoms with Gasteiger partial charge in [0, 0.05) is 11.9 Å². The van der Waals surface area contributed by atoms with Crippen molar-refractivity contribution in [2.45, 2.75) is 13.5 Å². The number of carbonyl (C=O) groups is 2. The van der Waals surface area contributed by atoms with Gasteiger partial charge < -0.3 is 18.6 Å². The Balaban J connectivity index is 2.12. The zero-order valence-corrected chi connectivity index (χ0v) is 13.9. The summed E-state index contributed by atoms with van der Waals surface area (Å²) < 4.78 is 26.3. The zero-order valence-electron chi connectivity index (χ0n) is 13.9. The number of hydrogen-bond acceptors (Lipinski definition) is 4. The highest BCUT2D eigenvalue weighted by atomic mass is 19.1. The highest BCUT2D eigenvalue weighted by Crippen LogP contribution is 2.25. The number of benzene rings is 1. The van der Waals surface area contributed by atoms with Gasteiger partial charge >= 0.3 is 11.9 Å². The lowest BCUT2D eigenvalue weighted by Gasteiger charge is -2.07. The highest BCUT2D eigenvalue weighted by Gasteiger charge is 2.21. The molecule has 0 aliphatic heterocycles. The van der Waals surface area contributed by atoms with Crippen LogP contribution >= 0.6 is 0 Å². The summed E-state index contributed by atoms with van der Waals surface area (Å²) in [5, 5.41) is 0. The Labute approximate surface area is 143 Å². The van der Waals surface area contributed by atoms with Crippen LogP contribution in [0.4, 0.5) is 4.39 Å². The van der Waals surface area contributed by atoms with Crippen LogP contribution in [-0.4, -0.2) is 34.8 Å². The van der Waals surface area contributed by atoms with Crippen molar-refractivity contribution in [1.82, 2.24) is 9.13 Å². The molecule has 0 bridgehead atoms. The third-order valence-electron chi connectivity index (χ3n) is 3.85. The molecule has 25 heavy (non-hydrogen) atoms. The van der Waals surface area contributed by atoms with Gasteiger partial charge in [-0.1, -0.05) is 0 Å². The van der Waals surface area contributed by atoms with Crippen molar-refractivity contribution in [1.29, 1.82) is 0 Å². The Bertz CT molecular complexity index is 925. The number of hydrogen-bond donors (Lipinski definition) is 0. The van der Waals surface area contributed by atoms with Crippen molar-refractivity contribution in [3.05, 3.63) is 54.1 Å². The molecule has 0 unspecified atom stereocenters. The lowest BCUT2D eigenvalue weighted by Crippen LogP contribution is -2.17.